The van der Waals surface area contributed by atoms with E-state index >= 15 is 0 Å². The van der Waals surface area contributed by atoms with Crippen LogP contribution in [0, 0.1) is 32.6 Å². The summed E-state index contributed by atoms with van der Waals surface area (Å²) in [6, 6.07) is 19.0. The summed E-state index contributed by atoms with van der Waals surface area (Å²) in [6.45, 7) is 15.6. The van der Waals surface area contributed by atoms with Crippen LogP contribution in [0.15, 0.2) is 59.5 Å². The summed E-state index contributed by atoms with van der Waals surface area (Å²) < 4.78 is 21.8. The summed E-state index contributed by atoms with van der Waals surface area (Å²) in [5, 5.41) is 0. The molecule has 211 valence electrons. The summed E-state index contributed by atoms with van der Waals surface area (Å²) in [7, 11) is 0. The van der Waals surface area contributed by atoms with Gasteiger partial charge in [0.25, 0.3) is 0 Å². The normalized spacial score (nSPS) is 12.0. The molecular weight excluding hydrogens is 846 g/mol. The smallest absolute Gasteiger partial charge is 0 e. The predicted octanol–water partition coefficient (Wildman–Crippen LogP) is 11.1. The van der Waals surface area contributed by atoms with Crippen LogP contribution in [0.25, 0.3) is 0 Å². The molecule has 4 rings (SSSR count). The van der Waals surface area contributed by atoms with E-state index in [1.807, 2.05) is 6.07 Å². The zero-order chi connectivity index (χ0) is 28.1. The third-order valence-electron chi connectivity index (χ3n) is 4.65. The van der Waals surface area contributed by atoms with E-state index in [-0.39, 0.29) is 34.1 Å². The van der Waals surface area contributed by atoms with Crippen LogP contribution in [0.3, 0.4) is 0 Å². The Kier molecular flexibility index (Phi) is 48.5. The second kappa shape index (κ2) is 37.9. The van der Waals surface area contributed by atoms with Crippen LogP contribution < -0.4 is 0 Å². The fraction of sp³-hybridized carbons (Fsp3) is 0.407. The van der Waals surface area contributed by atoms with Crippen molar-refractivity contribution >= 4 is 76.2 Å². The van der Waals surface area contributed by atoms with Crippen LogP contribution >= 0.6 is 74.8 Å². The van der Waals surface area contributed by atoms with Crippen LogP contribution in [0.5, 0.6) is 0 Å². The molecule has 38 heavy (non-hydrogen) atoms. The molecule has 3 nitrogen and oxygen atoms in total. The molecule has 0 atom stereocenters. The van der Waals surface area contributed by atoms with Crippen molar-refractivity contribution in [2.45, 2.75) is 76.0 Å². The first-order chi connectivity index (χ1) is 17.3. The van der Waals surface area contributed by atoms with Gasteiger partial charge in [-0.1, -0.05) is 88.0 Å². The van der Waals surface area contributed by atoms with E-state index in [0.29, 0.717) is 0 Å². The third kappa shape index (κ3) is 41.4. The number of hydrogen-bond donors (Lipinski definition) is 0. The van der Waals surface area contributed by atoms with Gasteiger partial charge < -0.3 is 63.0 Å². The molecule has 2 saturated carbocycles. The maximum Gasteiger partial charge on any atom is 3.00 e. The minimum atomic E-state index is -0.750. The molecule has 0 saturated heterocycles. The van der Waals surface area contributed by atoms with Crippen LogP contribution in [-0.2, 0) is 48.1 Å². The van der Waals surface area contributed by atoms with Gasteiger partial charge in [0.2, 0.25) is 1.44 Å². The number of halogens is 4. The first-order valence-electron chi connectivity index (χ1n) is 11.4. The third-order valence-corrected chi connectivity index (χ3v) is 5.59. The molecule has 0 unspecified atom stereocenters. The zero-order valence-electron chi connectivity index (χ0n) is 21.3. The van der Waals surface area contributed by atoms with Crippen molar-refractivity contribution in [3.05, 3.63) is 91.4 Å². The Balaban J connectivity index is -0.000000132. The molecule has 11 heteroatoms. The monoisotopic (exact) mass is 876 g/mol. The molecule has 2 aromatic rings. The van der Waals surface area contributed by atoms with Crippen LogP contribution in [0.1, 0.15) is 75.3 Å². The average molecular weight is 880 g/mol. The molecule has 0 N–H and O–H groups in total. The molecule has 1 radical (unpaired) electrons. The second-order valence-electron chi connectivity index (χ2n) is 7.49. The molecule has 0 spiro atoms. The fourth-order valence-corrected chi connectivity index (χ4v) is 3.77. The van der Waals surface area contributed by atoms with Crippen molar-refractivity contribution < 1.29 is 48.1 Å². The van der Waals surface area contributed by atoms with Gasteiger partial charge in [-0.15, -0.1) is 17.9 Å². The van der Waals surface area contributed by atoms with E-state index in [0.717, 1.165) is 0 Å². The topological polar surface area (TPSA) is 59.7 Å². The zero-order valence-corrected chi connectivity index (χ0v) is 30.6. The summed E-state index contributed by atoms with van der Waals surface area (Å²) in [5.74, 6) is 2.17. The molecule has 2 fully saturated rings. The number of aryl methyl sites for hydroxylation is 1. The van der Waals surface area contributed by atoms with Crippen molar-refractivity contribution in [2.75, 3.05) is 0 Å². The van der Waals surface area contributed by atoms with Crippen molar-refractivity contribution in [3.63, 3.8) is 0 Å². The van der Waals surface area contributed by atoms with E-state index < -0.39 is 1.44 Å². The second-order valence-corrected chi connectivity index (χ2v) is 21.3. The van der Waals surface area contributed by atoms with Crippen LogP contribution in [0.2, 0.25) is 0 Å². The van der Waals surface area contributed by atoms with Crippen molar-refractivity contribution in [1.82, 2.24) is 0 Å². The standard InChI is InChI=1S/C14H13S.2C5H10.3CO.BBr4.2Fe/c1-12-7-9-14(10-8-12)15-11-13-5-3-2-4-6-13;2*1-2-4-5-3-1;3*1-2;2-1(3,4)5;;/h2-11H,1H3;2*1-5H2;;;;;;/q-1;;;;;;-1;;+3. The first kappa shape index (κ1) is 48.6. The maximum absolute atomic E-state index is 7.50. The number of thioether (sulfide) groups is 1. The van der Waals surface area contributed by atoms with Gasteiger partial charge in [0, 0.05) is 17.1 Å². The van der Waals surface area contributed by atoms with Gasteiger partial charge in [0.15, 0.2) is 0 Å². The molecule has 0 bridgehead atoms. The maximum atomic E-state index is 7.50. The summed E-state index contributed by atoms with van der Waals surface area (Å²) in [4.78, 5) is 1.28. The number of benzene rings is 2. The average Bonchev–Trinajstić information content (AvgIpc) is 3.67. The van der Waals surface area contributed by atoms with Crippen molar-refractivity contribution in [2.24, 2.45) is 0 Å². The Morgan fingerprint density at radius 2 is 0.921 bits per heavy atom. The molecule has 2 aliphatic rings. The quantitative estimate of drug-likeness (QED) is 0.131. The Morgan fingerprint density at radius 3 is 1.21 bits per heavy atom. The summed E-state index contributed by atoms with van der Waals surface area (Å²) >= 11 is 14.5. The van der Waals surface area contributed by atoms with Gasteiger partial charge >= 0.3 is 51.0 Å². The number of rotatable bonds is 3. The van der Waals surface area contributed by atoms with Crippen molar-refractivity contribution in [3.8, 4) is 0 Å². The van der Waals surface area contributed by atoms with Gasteiger partial charge in [0.1, 0.15) is 0 Å². The van der Waals surface area contributed by atoms with Gasteiger partial charge in [-0.25, -0.2) is 0 Å². The van der Waals surface area contributed by atoms with Gasteiger partial charge in [-0.2, -0.15) is 29.5 Å². The molecular formula is C27H33BBr4Fe2O3S+. The van der Waals surface area contributed by atoms with E-state index in [4.69, 9.17) is 14.0 Å². The van der Waals surface area contributed by atoms with Gasteiger partial charge in [-0.3, -0.25) is 0 Å². The van der Waals surface area contributed by atoms with E-state index in [1.54, 1.807) is 11.8 Å². The first-order valence-corrected chi connectivity index (χ1v) is 16.0. The molecule has 2 aliphatic carbocycles. The number of hydrogen-bond acceptors (Lipinski definition) is 1. The largest absolute Gasteiger partial charge is 3.00 e. The SMILES string of the molecule is Br[B-](Br)(Br)Br.C1CCCC1.C1CCCC1.Cc1ccc(S[CH-]c2ccccc2)cc1.[C-]#[O+].[C-]#[O+].[C-]#[O+].[Fe+3].[Fe]. The minimum absolute atomic E-state index is 0. The van der Waals surface area contributed by atoms with Crippen molar-refractivity contribution in [1.29, 1.82) is 0 Å². The van der Waals surface area contributed by atoms with Crippen LogP contribution in [-0.4, -0.2) is 1.44 Å². The van der Waals surface area contributed by atoms with E-state index in [2.05, 4.69) is 144 Å². The minimum Gasteiger partial charge on any atom is 0 e. The van der Waals surface area contributed by atoms with E-state index in [9.17, 15) is 0 Å². The predicted molar refractivity (Wildman–Crippen MR) is 166 cm³/mol. The molecule has 0 aromatic heterocycles. The fourth-order valence-electron chi connectivity index (χ4n) is 3.05. The molecule has 0 amide bonds. The molecule has 0 heterocycles. The van der Waals surface area contributed by atoms with E-state index in [1.165, 1.54) is 80.2 Å². The van der Waals surface area contributed by atoms with Crippen LogP contribution in [0.4, 0.5) is 0 Å². The van der Waals surface area contributed by atoms with Gasteiger partial charge in [-0.05, 0) is 24.0 Å². The molecule has 2 aromatic carbocycles. The summed E-state index contributed by atoms with van der Waals surface area (Å²) in [6.07, 6.45) is 15.0. The Morgan fingerprint density at radius 1 is 0.632 bits per heavy atom. The molecule has 0 aliphatic heterocycles. The Labute approximate surface area is 288 Å². The Bertz CT molecular complexity index is 737. The Hall–Kier alpha value is 0.904. The van der Waals surface area contributed by atoms with Gasteiger partial charge in [0.05, 0.1) is 0 Å². The summed E-state index contributed by atoms with van der Waals surface area (Å²) in [5.41, 5.74) is 2.56.